The minimum atomic E-state index is 0.744. The quantitative estimate of drug-likeness (QED) is 0.607. The Morgan fingerprint density at radius 3 is 2.88 bits per heavy atom. The summed E-state index contributed by atoms with van der Waals surface area (Å²) in [6, 6.07) is 0. The molecule has 0 aromatic carbocycles. The normalized spacial score (nSPS) is 22.7. The molecular formula is C12H25N3S. The first-order valence-electron chi connectivity index (χ1n) is 6.26. The lowest BCUT2D eigenvalue weighted by Crippen LogP contribution is -2.49. The van der Waals surface area contributed by atoms with Crippen molar-refractivity contribution in [2.75, 3.05) is 32.4 Å². The lowest BCUT2D eigenvalue weighted by molar-refractivity contribution is 0.381. The summed E-state index contributed by atoms with van der Waals surface area (Å²) in [5.74, 6) is 3.04. The Bertz CT molecular complexity index is 228. The summed E-state index contributed by atoms with van der Waals surface area (Å²) in [4.78, 5) is 6.76. The third-order valence-corrected chi connectivity index (χ3v) is 4.42. The van der Waals surface area contributed by atoms with Gasteiger partial charge in [-0.2, -0.15) is 11.8 Å². The van der Waals surface area contributed by atoms with Gasteiger partial charge in [0.2, 0.25) is 0 Å². The van der Waals surface area contributed by atoms with Crippen LogP contribution in [0.3, 0.4) is 0 Å². The van der Waals surface area contributed by atoms with Crippen LogP contribution in [0, 0.1) is 5.92 Å². The molecule has 0 aliphatic carbocycles. The number of rotatable bonds is 3. The molecule has 0 radical (unpaired) electrons. The Balaban J connectivity index is 2.51. The van der Waals surface area contributed by atoms with Gasteiger partial charge >= 0.3 is 0 Å². The molecule has 4 heteroatoms. The highest BCUT2D eigenvalue weighted by Gasteiger charge is 2.24. The minimum absolute atomic E-state index is 0.744. The SMILES string of the molecule is CCCNC(=NC)N1CCSC(C(C)C)C1. The van der Waals surface area contributed by atoms with Crippen molar-refractivity contribution < 1.29 is 0 Å². The van der Waals surface area contributed by atoms with Crippen LogP contribution in [0.4, 0.5) is 0 Å². The third kappa shape index (κ3) is 3.89. The maximum atomic E-state index is 4.37. The van der Waals surface area contributed by atoms with E-state index in [4.69, 9.17) is 0 Å². The first kappa shape index (κ1) is 13.7. The maximum Gasteiger partial charge on any atom is 0.193 e. The summed E-state index contributed by atoms with van der Waals surface area (Å²) in [5, 5.41) is 4.16. The first-order valence-corrected chi connectivity index (χ1v) is 7.31. The molecule has 0 bridgehead atoms. The monoisotopic (exact) mass is 243 g/mol. The molecule has 0 aromatic rings. The van der Waals surface area contributed by atoms with Gasteiger partial charge < -0.3 is 10.2 Å². The minimum Gasteiger partial charge on any atom is -0.356 e. The van der Waals surface area contributed by atoms with E-state index in [0.29, 0.717) is 0 Å². The molecule has 1 N–H and O–H groups in total. The molecule has 1 saturated heterocycles. The van der Waals surface area contributed by atoms with Crippen LogP contribution in [0.5, 0.6) is 0 Å². The summed E-state index contributed by atoms with van der Waals surface area (Å²) in [5.41, 5.74) is 0. The van der Waals surface area contributed by atoms with Crippen LogP contribution >= 0.6 is 11.8 Å². The number of nitrogens with one attached hydrogen (secondary N) is 1. The largest absolute Gasteiger partial charge is 0.356 e. The van der Waals surface area contributed by atoms with E-state index in [1.807, 2.05) is 7.05 Å². The van der Waals surface area contributed by atoms with E-state index in [1.165, 1.54) is 5.75 Å². The molecule has 1 atom stereocenters. The Labute approximate surface area is 104 Å². The Morgan fingerprint density at radius 1 is 1.56 bits per heavy atom. The molecule has 1 fully saturated rings. The number of guanidine groups is 1. The molecule has 0 saturated carbocycles. The van der Waals surface area contributed by atoms with Crippen LogP contribution in [0.1, 0.15) is 27.2 Å². The molecule has 0 amide bonds. The van der Waals surface area contributed by atoms with Gasteiger partial charge in [0.25, 0.3) is 0 Å². The van der Waals surface area contributed by atoms with E-state index in [9.17, 15) is 0 Å². The molecular weight excluding hydrogens is 218 g/mol. The zero-order valence-corrected chi connectivity index (χ0v) is 11.8. The smallest absolute Gasteiger partial charge is 0.193 e. The topological polar surface area (TPSA) is 27.6 Å². The van der Waals surface area contributed by atoms with Gasteiger partial charge in [-0.1, -0.05) is 20.8 Å². The van der Waals surface area contributed by atoms with Crippen molar-refractivity contribution in [3.05, 3.63) is 0 Å². The molecule has 1 aliphatic rings. The van der Waals surface area contributed by atoms with Crippen molar-refractivity contribution in [3.8, 4) is 0 Å². The van der Waals surface area contributed by atoms with Crippen molar-refractivity contribution in [1.29, 1.82) is 0 Å². The summed E-state index contributed by atoms with van der Waals surface area (Å²) in [7, 11) is 1.88. The fourth-order valence-corrected chi connectivity index (χ4v) is 3.14. The van der Waals surface area contributed by atoms with E-state index in [1.54, 1.807) is 0 Å². The Hall–Kier alpha value is -0.380. The Morgan fingerprint density at radius 2 is 2.31 bits per heavy atom. The van der Waals surface area contributed by atoms with Crippen LogP contribution in [0.25, 0.3) is 0 Å². The van der Waals surface area contributed by atoms with Crippen LogP contribution in [0.2, 0.25) is 0 Å². The highest BCUT2D eigenvalue weighted by molar-refractivity contribution is 8.00. The van der Waals surface area contributed by atoms with Crippen molar-refractivity contribution in [3.63, 3.8) is 0 Å². The second kappa shape index (κ2) is 7.05. The van der Waals surface area contributed by atoms with Crippen molar-refractivity contribution >= 4 is 17.7 Å². The van der Waals surface area contributed by atoms with E-state index in [2.05, 4.69) is 47.7 Å². The molecule has 0 aromatic heterocycles. The van der Waals surface area contributed by atoms with Gasteiger partial charge in [-0.25, -0.2) is 0 Å². The summed E-state index contributed by atoms with van der Waals surface area (Å²) in [6.45, 7) is 10.1. The van der Waals surface area contributed by atoms with Gasteiger partial charge in [-0.15, -0.1) is 0 Å². The maximum absolute atomic E-state index is 4.37. The summed E-state index contributed by atoms with van der Waals surface area (Å²) < 4.78 is 0. The van der Waals surface area contributed by atoms with Gasteiger partial charge in [0, 0.05) is 37.7 Å². The van der Waals surface area contributed by atoms with Crippen LogP contribution in [-0.2, 0) is 0 Å². The number of hydrogen-bond donors (Lipinski definition) is 1. The van der Waals surface area contributed by atoms with Crippen molar-refractivity contribution in [1.82, 2.24) is 10.2 Å². The van der Waals surface area contributed by atoms with Gasteiger partial charge in [-0.05, 0) is 12.3 Å². The zero-order valence-electron chi connectivity index (χ0n) is 11.0. The van der Waals surface area contributed by atoms with Gasteiger partial charge in [0.1, 0.15) is 0 Å². The molecule has 1 heterocycles. The molecule has 0 spiro atoms. The molecule has 94 valence electrons. The second-order valence-electron chi connectivity index (χ2n) is 4.57. The zero-order chi connectivity index (χ0) is 12.0. The van der Waals surface area contributed by atoms with Gasteiger partial charge in [0.05, 0.1) is 0 Å². The fourth-order valence-electron chi connectivity index (χ4n) is 1.84. The summed E-state index contributed by atoms with van der Waals surface area (Å²) >= 11 is 2.10. The molecule has 16 heavy (non-hydrogen) atoms. The van der Waals surface area contributed by atoms with E-state index >= 15 is 0 Å². The highest BCUT2D eigenvalue weighted by atomic mass is 32.2. The average Bonchev–Trinajstić information content (AvgIpc) is 2.30. The summed E-state index contributed by atoms with van der Waals surface area (Å²) in [6.07, 6.45) is 1.15. The molecule has 1 unspecified atom stereocenters. The third-order valence-electron chi connectivity index (χ3n) is 2.88. The highest BCUT2D eigenvalue weighted by Crippen LogP contribution is 2.24. The number of hydrogen-bond acceptors (Lipinski definition) is 2. The lowest BCUT2D eigenvalue weighted by atomic mass is 10.1. The first-order chi connectivity index (χ1) is 7.69. The van der Waals surface area contributed by atoms with Crippen LogP contribution < -0.4 is 5.32 Å². The molecule has 3 nitrogen and oxygen atoms in total. The Kier molecular flexibility index (Phi) is 6.03. The van der Waals surface area contributed by atoms with Crippen LogP contribution in [-0.4, -0.2) is 48.5 Å². The van der Waals surface area contributed by atoms with E-state index in [-0.39, 0.29) is 0 Å². The lowest BCUT2D eigenvalue weighted by Gasteiger charge is -2.36. The van der Waals surface area contributed by atoms with Gasteiger partial charge in [-0.3, -0.25) is 4.99 Å². The molecule has 1 aliphatic heterocycles. The average molecular weight is 243 g/mol. The van der Waals surface area contributed by atoms with Crippen LogP contribution in [0.15, 0.2) is 4.99 Å². The molecule has 1 rings (SSSR count). The number of nitrogens with zero attached hydrogens (tertiary/aromatic N) is 2. The fraction of sp³-hybridized carbons (Fsp3) is 0.917. The van der Waals surface area contributed by atoms with Crippen molar-refractivity contribution in [2.45, 2.75) is 32.4 Å². The van der Waals surface area contributed by atoms with Crippen molar-refractivity contribution in [2.24, 2.45) is 10.9 Å². The second-order valence-corrected chi connectivity index (χ2v) is 5.92. The number of thioether (sulfide) groups is 1. The van der Waals surface area contributed by atoms with E-state index in [0.717, 1.165) is 43.2 Å². The standard InChI is InChI=1S/C12H25N3S/c1-5-6-14-12(13-4)15-7-8-16-11(9-15)10(2)3/h10-11H,5-9H2,1-4H3,(H,13,14). The van der Waals surface area contributed by atoms with Gasteiger partial charge in [0.15, 0.2) is 5.96 Å². The predicted molar refractivity (Wildman–Crippen MR) is 74.3 cm³/mol. The van der Waals surface area contributed by atoms with E-state index < -0.39 is 0 Å². The predicted octanol–water partition coefficient (Wildman–Crippen LogP) is 2.05. The number of aliphatic imine (C=N–C) groups is 1.